The van der Waals surface area contributed by atoms with Crippen LogP contribution in [0, 0.1) is 0 Å². The molecule has 0 aliphatic heterocycles. The van der Waals surface area contributed by atoms with Crippen LogP contribution < -0.4 is 4.90 Å². The minimum atomic E-state index is 0.0800. The first-order valence-electron chi connectivity index (χ1n) is 12.2. The maximum absolute atomic E-state index is 13.7. The van der Waals surface area contributed by atoms with Crippen LogP contribution in [0.5, 0.6) is 0 Å². The number of carbonyl (C=O) groups is 1. The molecule has 0 fully saturated rings. The molecule has 0 saturated heterocycles. The van der Waals surface area contributed by atoms with E-state index in [1.807, 2.05) is 73.6 Å². The third-order valence-electron chi connectivity index (χ3n) is 5.86. The maximum atomic E-state index is 13.7. The number of likely N-dealkylation sites (N-methyl/N-ethyl adjacent to an activating group) is 1. The highest BCUT2D eigenvalue weighted by atomic mass is 32.1. The smallest absolute Gasteiger partial charge is 0.242 e. The zero-order valence-corrected chi connectivity index (χ0v) is 21.8. The molecule has 6 nitrogen and oxygen atoms in total. The molecule has 0 spiro atoms. The lowest BCUT2D eigenvalue weighted by molar-refractivity contribution is -0.130. The summed E-state index contributed by atoms with van der Waals surface area (Å²) < 4.78 is 4.61. The van der Waals surface area contributed by atoms with Gasteiger partial charge >= 0.3 is 0 Å². The quantitative estimate of drug-likeness (QED) is 0.282. The summed E-state index contributed by atoms with van der Waals surface area (Å²) in [4.78, 5) is 24.6. The highest BCUT2D eigenvalue weighted by molar-refractivity contribution is 7.09. The van der Waals surface area contributed by atoms with Gasteiger partial charge in [0.1, 0.15) is 5.82 Å². The Hall–Kier alpha value is -3.55. The fraction of sp³-hybridized carbons (Fsp3) is 0.276. The summed E-state index contributed by atoms with van der Waals surface area (Å²) in [5.41, 5.74) is 3.43. The number of aromatic nitrogens is 2. The molecule has 1 aromatic heterocycles. The van der Waals surface area contributed by atoms with Crippen molar-refractivity contribution in [3.05, 3.63) is 114 Å². The Bertz CT molecular complexity index is 1200. The molecule has 0 aliphatic carbocycles. The number of hydrogen-bond acceptors (Lipinski definition) is 6. The van der Waals surface area contributed by atoms with Gasteiger partial charge in [0.15, 0.2) is 0 Å². The molecular weight excluding hydrogens is 466 g/mol. The zero-order valence-electron chi connectivity index (χ0n) is 21.0. The van der Waals surface area contributed by atoms with E-state index in [2.05, 4.69) is 50.6 Å². The van der Waals surface area contributed by atoms with Crippen molar-refractivity contribution in [2.24, 2.45) is 0 Å². The van der Waals surface area contributed by atoms with Crippen molar-refractivity contribution in [1.29, 1.82) is 0 Å². The lowest BCUT2D eigenvalue weighted by atomic mass is 10.1. The molecule has 3 aromatic carbocycles. The Balaban J connectivity index is 1.53. The van der Waals surface area contributed by atoms with Gasteiger partial charge < -0.3 is 14.7 Å². The molecule has 0 radical (unpaired) electrons. The van der Waals surface area contributed by atoms with Crippen molar-refractivity contribution >= 4 is 22.6 Å². The summed E-state index contributed by atoms with van der Waals surface area (Å²) in [6.07, 6.45) is 0.674. The van der Waals surface area contributed by atoms with E-state index in [-0.39, 0.29) is 12.5 Å². The van der Waals surface area contributed by atoms with E-state index in [0.717, 1.165) is 28.6 Å². The summed E-state index contributed by atoms with van der Waals surface area (Å²) in [6, 6.07) is 30.6. The van der Waals surface area contributed by atoms with Gasteiger partial charge in [-0.1, -0.05) is 91.0 Å². The Kier molecular flexibility index (Phi) is 9.19. The van der Waals surface area contributed by atoms with Gasteiger partial charge in [-0.25, -0.2) is 4.98 Å². The fourth-order valence-corrected chi connectivity index (χ4v) is 4.58. The van der Waals surface area contributed by atoms with Crippen LogP contribution in [0.15, 0.2) is 91.0 Å². The minimum absolute atomic E-state index is 0.0800. The molecule has 4 aromatic rings. The molecular formula is C29H33N5OS. The van der Waals surface area contributed by atoms with Crippen LogP contribution in [0.4, 0.5) is 5.13 Å². The van der Waals surface area contributed by atoms with Crippen LogP contribution in [0.3, 0.4) is 0 Å². The lowest BCUT2D eigenvalue weighted by Gasteiger charge is -2.28. The fourth-order valence-electron chi connectivity index (χ4n) is 3.90. The highest BCUT2D eigenvalue weighted by Gasteiger charge is 2.21. The Morgan fingerprint density at radius 2 is 1.31 bits per heavy atom. The van der Waals surface area contributed by atoms with Crippen molar-refractivity contribution < 1.29 is 4.79 Å². The maximum Gasteiger partial charge on any atom is 0.242 e. The number of amides is 1. The van der Waals surface area contributed by atoms with Gasteiger partial charge in [-0.15, -0.1) is 0 Å². The van der Waals surface area contributed by atoms with E-state index in [1.54, 1.807) is 0 Å². The molecule has 0 unspecified atom stereocenters. The predicted octanol–water partition coefficient (Wildman–Crippen LogP) is 4.73. The average molecular weight is 500 g/mol. The lowest BCUT2D eigenvalue weighted by Crippen LogP contribution is -2.42. The molecule has 0 N–H and O–H groups in total. The van der Waals surface area contributed by atoms with E-state index in [4.69, 9.17) is 4.98 Å². The van der Waals surface area contributed by atoms with Gasteiger partial charge in [-0.3, -0.25) is 4.79 Å². The monoisotopic (exact) mass is 499 g/mol. The second kappa shape index (κ2) is 13.0. The Labute approximate surface area is 218 Å². The number of nitrogens with zero attached hydrogens (tertiary/aromatic N) is 5. The molecule has 7 heteroatoms. The minimum Gasteiger partial charge on any atom is -0.336 e. The van der Waals surface area contributed by atoms with Crippen LogP contribution >= 0.6 is 11.5 Å². The topological polar surface area (TPSA) is 52.6 Å². The molecule has 186 valence electrons. The van der Waals surface area contributed by atoms with Gasteiger partial charge in [0.05, 0.1) is 6.54 Å². The van der Waals surface area contributed by atoms with Gasteiger partial charge in [0, 0.05) is 44.1 Å². The second-order valence-electron chi connectivity index (χ2n) is 9.10. The molecule has 1 heterocycles. The summed E-state index contributed by atoms with van der Waals surface area (Å²) in [7, 11) is 4.06. The average Bonchev–Trinajstić information content (AvgIpc) is 3.36. The molecule has 0 aliphatic rings. The van der Waals surface area contributed by atoms with E-state index >= 15 is 0 Å². The Morgan fingerprint density at radius 1 is 0.750 bits per heavy atom. The summed E-state index contributed by atoms with van der Waals surface area (Å²) in [5.74, 6) is 0.858. The van der Waals surface area contributed by atoms with Crippen LogP contribution in [0.25, 0.3) is 0 Å². The van der Waals surface area contributed by atoms with Crippen molar-refractivity contribution in [2.45, 2.75) is 19.5 Å². The standard InChI is InChI=1S/C29H33N5OS/c1-32(2)18-19-33(21-25-14-8-4-9-15-25)28(35)23-34(22-26-16-10-5-11-17-26)29-30-27(31-36-29)20-24-12-6-3-7-13-24/h3-17H,18-23H2,1-2H3. The normalized spacial score (nSPS) is 11.0. The Morgan fingerprint density at radius 3 is 1.89 bits per heavy atom. The van der Waals surface area contributed by atoms with E-state index in [0.29, 0.717) is 26.1 Å². The van der Waals surface area contributed by atoms with Crippen LogP contribution in [-0.2, 0) is 24.3 Å². The third kappa shape index (κ3) is 7.73. The first-order valence-corrected chi connectivity index (χ1v) is 13.0. The third-order valence-corrected chi connectivity index (χ3v) is 6.68. The van der Waals surface area contributed by atoms with Crippen molar-refractivity contribution in [3.8, 4) is 0 Å². The van der Waals surface area contributed by atoms with Crippen molar-refractivity contribution in [3.63, 3.8) is 0 Å². The summed E-state index contributed by atoms with van der Waals surface area (Å²) in [5, 5.41) is 0.769. The number of carbonyl (C=O) groups excluding carboxylic acids is 1. The van der Waals surface area contributed by atoms with Gasteiger partial charge in [-0.2, -0.15) is 4.37 Å². The molecule has 0 atom stereocenters. The van der Waals surface area contributed by atoms with Gasteiger partial charge in [0.2, 0.25) is 11.0 Å². The highest BCUT2D eigenvalue weighted by Crippen LogP contribution is 2.22. The first-order chi connectivity index (χ1) is 17.6. The summed E-state index contributed by atoms with van der Waals surface area (Å²) in [6.45, 7) is 2.89. The first kappa shape index (κ1) is 25.5. The predicted molar refractivity (Wildman–Crippen MR) is 147 cm³/mol. The van der Waals surface area contributed by atoms with Crippen LogP contribution in [0.1, 0.15) is 22.5 Å². The van der Waals surface area contributed by atoms with Gasteiger partial charge in [0.25, 0.3) is 0 Å². The SMILES string of the molecule is CN(C)CCN(Cc1ccccc1)C(=O)CN(Cc1ccccc1)c1nc(Cc2ccccc2)ns1. The second-order valence-corrected chi connectivity index (χ2v) is 9.83. The molecule has 0 bridgehead atoms. The number of hydrogen-bond donors (Lipinski definition) is 0. The molecule has 0 saturated carbocycles. The van der Waals surface area contributed by atoms with Gasteiger partial charge in [-0.05, 0) is 30.8 Å². The number of benzene rings is 3. The molecule has 1 amide bonds. The molecule has 4 rings (SSSR count). The van der Waals surface area contributed by atoms with E-state index < -0.39 is 0 Å². The van der Waals surface area contributed by atoms with E-state index in [9.17, 15) is 4.79 Å². The van der Waals surface area contributed by atoms with E-state index in [1.165, 1.54) is 17.1 Å². The van der Waals surface area contributed by atoms with Crippen LogP contribution in [0.2, 0.25) is 0 Å². The van der Waals surface area contributed by atoms with Crippen molar-refractivity contribution in [2.75, 3.05) is 38.6 Å². The number of rotatable bonds is 12. The zero-order chi connectivity index (χ0) is 25.2. The molecule has 36 heavy (non-hydrogen) atoms. The van der Waals surface area contributed by atoms with Crippen LogP contribution in [-0.4, -0.2) is 58.8 Å². The largest absolute Gasteiger partial charge is 0.336 e. The number of anilines is 1. The van der Waals surface area contributed by atoms with Crippen molar-refractivity contribution in [1.82, 2.24) is 19.2 Å². The summed E-state index contributed by atoms with van der Waals surface area (Å²) >= 11 is 1.36.